The van der Waals surface area contributed by atoms with Crippen LogP contribution in [0.2, 0.25) is 0 Å². The zero-order valence-corrected chi connectivity index (χ0v) is 12.4. The van der Waals surface area contributed by atoms with Crippen molar-refractivity contribution < 1.29 is 9.47 Å². The van der Waals surface area contributed by atoms with E-state index in [-0.39, 0.29) is 18.3 Å². The van der Waals surface area contributed by atoms with E-state index >= 15 is 0 Å². The van der Waals surface area contributed by atoms with Gasteiger partial charge < -0.3 is 15.2 Å². The lowest BCUT2D eigenvalue weighted by atomic mass is 10.0. The third kappa shape index (κ3) is 3.42. The molecule has 0 aliphatic carbocycles. The minimum absolute atomic E-state index is 0.0983. The van der Waals surface area contributed by atoms with Crippen molar-refractivity contribution in [3.05, 3.63) is 23.4 Å². The number of nitrogens with zero attached hydrogens (tertiary/aromatic N) is 1. The Hall–Kier alpha value is -1.20. The van der Waals surface area contributed by atoms with Crippen LogP contribution in [0.15, 0.2) is 12.3 Å². The molecule has 1 fully saturated rings. The van der Waals surface area contributed by atoms with Crippen LogP contribution in [-0.2, 0) is 4.74 Å². The molecule has 0 amide bonds. The van der Waals surface area contributed by atoms with Crippen molar-refractivity contribution in [1.29, 1.82) is 0 Å². The van der Waals surface area contributed by atoms with Crippen molar-refractivity contribution in [2.45, 2.75) is 51.9 Å². The monoisotopic (exact) mass is 280 g/mol. The third-order valence-electron chi connectivity index (χ3n) is 3.30. The smallest absolute Gasteiger partial charge is 0.224 e. The first-order valence-electron chi connectivity index (χ1n) is 6.55. The first-order chi connectivity index (χ1) is 8.97. The molecule has 104 valence electrons. The average Bonchev–Trinajstić information content (AvgIpc) is 2.26. The predicted octanol–water partition coefficient (Wildman–Crippen LogP) is 2.36. The van der Waals surface area contributed by atoms with E-state index < -0.39 is 0 Å². The number of ether oxygens (including phenoxy) is 2. The first-order valence-corrected chi connectivity index (χ1v) is 6.95. The van der Waals surface area contributed by atoms with E-state index in [0.29, 0.717) is 10.9 Å². The van der Waals surface area contributed by atoms with Gasteiger partial charge in [-0.25, -0.2) is 4.98 Å². The normalized spacial score (nSPS) is 27.0. The largest absolute Gasteiger partial charge is 0.474 e. The van der Waals surface area contributed by atoms with E-state index in [4.69, 9.17) is 27.4 Å². The van der Waals surface area contributed by atoms with Crippen LogP contribution in [0.4, 0.5) is 0 Å². The second kappa shape index (κ2) is 5.84. The maximum atomic E-state index is 6.01. The zero-order valence-electron chi connectivity index (χ0n) is 11.6. The quantitative estimate of drug-likeness (QED) is 0.861. The van der Waals surface area contributed by atoms with Crippen LogP contribution >= 0.6 is 12.2 Å². The summed E-state index contributed by atoms with van der Waals surface area (Å²) in [5.74, 6) is 0.541. The van der Waals surface area contributed by atoms with Gasteiger partial charge in [0.25, 0.3) is 0 Å². The lowest BCUT2D eigenvalue weighted by Crippen LogP contribution is -2.36. The van der Waals surface area contributed by atoms with Crippen molar-refractivity contribution >= 4 is 17.2 Å². The van der Waals surface area contributed by atoms with E-state index in [2.05, 4.69) is 18.8 Å². The molecule has 1 aromatic heterocycles. The van der Waals surface area contributed by atoms with E-state index in [1.165, 1.54) is 0 Å². The van der Waals surface area contributed by atoms with Crippen LogP contribution in [0, 0.1) is 6.92 Å². The summed E-state index contributed by atoms with van der Waals surface area (Å²) in [6.07, 6.45) is 3.94. The molecule has 0 bridgehead atoms. The zero-order chi connectivity index (χ0) is 14.0. The van der Waals surface area contributed by atoms with Gasteiger partial charge in [-0.2, -0.15) is 0 Å². The van der Waals surface area contributed by atoms with Crippen LogP contribution in [0.5, 0.6) is 5.88 Å². The summed E-state index contributed by atoms with van der Waals surface area (Å²) in [4.78, 5) is 4.60. The number of aryl methyl sites for hydroxylation is 1. The minimum atomic E-state index is 0.0983. The highest BCUT2D eigenvalue weighted by Gasteiger charge is 2.27. The SMILES string of the molecule is Cc1ccnc(OC2CC(C)OC(C)C2)c1C(N)=S. The number of pyridine rings is 1. The van der Waals surface area contributed by atoms with E-state index in [1.807, 2.05) is 13.0 Å². The molecule has 2 atom stereocenters. The van der Waals surface area contributed by atoms with Gasteiger partial charge in [0.05, 0.1) is 17.8 Å². The maximum Gasteiger partial charge on any atom is 0.224 e. The summed E-state index contributed by atoms with van der Waals surface area (Å²) in [6, 6.07) is 1.89. The van der Waals surface area contributed by atoms with Crippen LogP contribution in [-0.4, -0.2) is 28.3 Å². The summed E-state index contributed by atoms with van der Waals surface area (Å²) < 4.78 is 11.7. The number of hydrogen-bond acceptors (Lipinski definition) is 4. The standard InChI is InChI=1S/C14H20N2O2S/c1-8-4-5-16-14(12(8)13(15)19)18-11-6-9(2)17-10(3)7-11/h4-5,9-11H,6-7H2,1-3H3,(H2,15,19). The summed E-state index contributed by atoms with van der Waals surface area (Å²) >= 11 is 5.08. The summed E-state index contributed by atoms with van der Waals surface area (Å²) in [5.41, 5.74) is 7.49. The molecule has 19 heavy (non-hydrogen) atoms. The molecule has 0 spiro atoms. The van der Waals surface area contributed by atoms with Gasteiger partial charge in [-0.05, 0) is 32.4 Å². The summed E-state index contributed by atoms with van der Waals surface area (Å²) in [6.45, 7) is 6.08. The van der Waals surface area contributed by atoms with E-state index in [1.54, 1.807) is 6.20 Å². The number of aromatic nitrogens is 1. The molecular weight excluding hydrogens is 260 g/mol. The highest BCUT2D eigenvalue weighted by molar-refractivity contribution is 7.80. The fourth-order valence-electron chi connectivity index (χ4n) is 2.52. The number of rotatable bonds is 3. The summed E-state index contributed by atoms with van der Waals surface area (Å²) in [7, 11) is 0. The molecular formula is C14H20N2O2S. The molecule has 1 aliphatic rings. The Balaban J connectivity index is 2.19. The van der Waals surface area contributed by atoms with Crippen molar-refractivity contribution in [2.75, 3.05) is 0 Å². The Kier molecular flexibility index (Phi) is 4.37. The second-order valence-electron chi connectivity index (χ2n) is 5.14. The second-order valence-corrected chi connectivity index (χ2v) is 5.58. The molecule has 4 nitrogen and oxygen atoms in total. The van der Waals surface area contributed by atoms with Crippen LogP contribution < -0.4 is 10.5 Å². The Morgan fingerprint density at radius 3 is 2.63 bits per heavy atom. The molecule has 0 saturated carbocycles. The Morgan fingerprint density at radius 1 is 1.42 bits per heavy atom. The lowest BCUT2D eigenvalue weighted by molar-refractivity contribution is -0.0730. The molecule has 5 heteroatoms. The van der Waals surface area contributed by atoms with Gasteiger partial charge in [0.15, 0.2) is 0 Å². The van der Waals surface area contributed by atoms with E-state index in [9.17, 15) is 0 Å². The molecule has 2 heterocycles. The topological polar surface area (TPSA) is 57.4 Å². The first kappa shape index (κ1) is 14.2. The third-order valence-corrected chi connectivity index (χ3v) is 3.51. The van der Waals surface area contributed by atoms with Gasteiger partial charge in [-0.15, -0.1) is 0 Å². The van der Waals surface area contributed by atoms with Crippen LogP contribution in [0.25, 0.3) is 0 Å². The molecule has 1 saturated heterocycles. The van der Waals surface area contributed by atoms with Gasteiger partial charge in [0.1, 0.15) is 11.1 Å². The molecule has 2 N–H and O–H groups in total. The maximum absolute atomic E-state index is 6.01. The van der Waals surface area contributed by atoms with Crippen molar-refractivity contribution in [2.24, 2.45) is 5.73 Å². The highest BCUT2D eigenvalue weighted by atomic mass is 32.1. The Morgan fingerprint density at radius 2 is 2.05 bits per heavy atom. The van der Waals surface area contributed by atoms with Crippen molar-refractivity contribution in [3.8, 4) is 5.88 Å². The predicted molar refractivity (Wildman–Crippen MR) is 78.5 cm³/mol. The minimum Gasteiger partial charge on any atom is -0.474 e. The average molecular weight is 280 g/mol. The van der Waals surface area contributed by atoms with Gasteiger partial charge >= 0.3 is 0 Å². The van der Waals surface area contributed by atoms with Gasteiger partial charge in [0.2, 0.25) is 5.88 Å². The van der Waals surface area contributed by atoms with Crippen LogP contribution in [0.3, 0.4) is 0 Å². The van der Waals surface area contributed by atoms with Crippen molar-refractivity contribution in [1.82, 2.24) is 4.98 Å². The molecule has 0 aromatic carbocycles. The highest BCUT2D eigenvalue weighted by Crippen LogP contribution is 2.26. The van der Waals surface area contributed by atoms with E-state index in [0.717, 1.165) is 24.0 Å². The fourth-order valence-corrected chi connectivity index (χ4v) is 2.77. The number of nitrogens with two attached hydrogens (primary N) is 1. The molecule has 1 aliphatic heterocycles. The number of thiocarbonyl (C=S) groups is 1. The molecule has 1 aromatic rings. The number of hydrogen-bond donors (Lipinski definition) is 1. The molecule has 2 unspecified atom stereocenters. The molecule has 0 radical (unpaired) electrons. The lowest BCUT2D eigenvalue weighted by Gasteiger charge is -2.32. The van der Waals surface area contributed by atoms with Crippen LogP contribution in [0.1, 0.15) is 37.8 Å². The fraction of sp³-hybridized carbons (Fsp3) is 0.571. The van der Waals surface area contributed by atoms with Gasteiger partial charge in [0, 0.05) is 19.0 Å². The Bertz CT molecular complexity index is 469. The van der Waals surface area contributed by atoms with Gasteiger partial charge in [-0.3, -0.25) is 0 Å². The molecule has 2 rings (SSSR count). The van der Waals surface area contributed by atoms with Crippen molar-refractivity contribution in [3.63, 3.8) is 0 Å². The Labute approximate surface area is 119 Å². The van der Waals surface area contributed by atoms with Gasteiger partial charge in [-0.1, -0.05) is 12.2 Å². The summed E-state index contributed by atoms with van der Waals surface area (Å²) in [5, 5.41) is 0.